The summed E-state index contributed by atoms with van der Waals surface area (Å²) in [6.07, 6.45) is 6.34. The van der Waals surface area contributed by atoms with Crippen LogP contribution < -0.4 is 10.1 Å². The molecule has 0 saturated carbocycles. The summed E-state index contributed by atoms with van der Waals surface area (Å²) in [6, 6.07) is 9.61. The molecule has 0 saturated heterocycles. The van der Waals surface area contributed by atoms with Gasteiger partial charge in [-0.3, -0.25) is 9.98 Å². The van der Waals surface area contributed by atoms with Gasteiger partial charge in [0.25, 0.3) is 0 Å². The number of halogens is 3. The fraction of sp³-hybridized carbons (Fsp3) is 0.259. The Hall–Kier alpha value is -4.21. The molecule has 10 heteroatoms. The fourth-order valence-electron chi connectivity index (χ4n) is 4.14. The van der Waals surface area contributed by atoms with E-state index in [-0.39, 0.29) is 11.8 Å². The number of aryl methyl sites for hydroxylation is 1. The molecule has 4 heterocycles. The SMILES string of the molecule is CC1=CC(C2=NC(c3ccc(OC(F)(F)F)cc3)=CCO2)=NC1CCc1ccnc(NC2=NCC=C2)c1. The summed E-state index contributed by atoms with van der Waals surface area (Å²) >= 11 is 0. The number of alkyl halides is 3. The molecule has 0 aliphatic carbocycles. The van der Waals surface area contributed by atoms with Gasteiger partial charge in [0.2, 0.25) is 5.90 Å². The van der Waals surface area contributed by atoms with E-state index < -0.39 is 6.36 Å². The van der Waals surface area contributed by atoms with Gasteiger partial charge in [-0.15, -0.1) is 13.2 Å². The number of ether oxygens (including phenoxy) is 2. The number of hydrogen-bond acceptors (Lipinski definition) is 7. The summed E-state index contributed by atoms with van der Waals surface area (Å²) in [7, 11) is 0. The van der Waals surface area contributed by atoms with Crippen LogP contribution in [0.15, 0.2) is 87.4 Å². The smallest absolute Gasteiger partial charge is 0.472 e. The first kappa shape index (κ1) is 24.5. The summed E-state index contributed by atoms with van der Waals surface area (Å²) in [4.78, 5) is 18.1. The lowest BCUT2D eigenvalue weighted by atomic mass is 10.0. The first-order valence-corrected chi connectivity index (χ1v) is 11.8. The van der Waals surface area contributed by atoms with E-state index in [1.807, 2.05) is 37.3 Å². The molecule has 0 radical (unpaired) electrons. The van der Waals surface area contributed by atoms with E-state index in [2.05, 4.69) is 25.0 Å². The minimum atomic E-state index is -4.73. The standard InChI is InChI=1S/C27H24F3N5O2/c1-17-15-23(26-34-22(11-14-36-26)19-5-7-20(8-6-19)37-27(28,29)30)33-21(17)9-4-18-10-13-32-25(16-18)35-24-3-2-12-31-24/h2-3,5-8,10-11,13,15-16,21H,4,9,12,14H2,1H3,(H,31,32,35). The van der Waals surface area contributed by atoms with Crippen molar-refractivity contribution in [2.75, 3.05) is 18.5 Å². The monoisotopic (exact) mass is 507 g/mol. The van der Waals surface area contributed by atoms with Crippen LogP contribution in [0.1, 0.15) is 24.5 Å². The van der Waals surface area contributed by atoms with Crippen molar-refractivity contribution >= 4 is 29.0 Å². The first-order valence-electron chi connectivity index (χ1n) is 11.8. The zero-order valence-corrected chi connectivity index (χ0v) is 20.0. The Morgan fingerprint density at radius 3 is 2.76 bits per heavy atom. The third kappa shape index (κ3) is 6.32. The van der Waals surface area contributed by atoms with Gasteiger partial charge in [0.15, 0.2) is 0 Å². The van der Waals surface area contributed by atoms with Crippen molar-refractivity contribution < 1.29 is 22.6 Å². The van der Waals surface area contributed by atoms with Gasteiger partial charge >= 0.3 is 6.36 Å². The minimum Gasteiger partial charge on any atom is -0.472 e. The first-order chi connectivity index (χ1) is 17.8. The van der Waals surface area contributed by atoms with Gasteiger partial charge in [0.1, 0.15) is 29.7 Å². The van der Waals surface area contributed by atoms with Crippen molar-refractivity contribution in [2.24, 2.45) is 15.0 Å². The quantitative estimate of drug-likeness (QED) is 0.534. The Bertz CT molecular complexity index is 1350. The van der Waals surface area contributed by atoms with Crippen LogP contribution in [0.2, 0.25) is 0 Å². The van der Waals surface area contributed by atoms with E-state index in [1.165, 1.54) is 24.3 Å². The summed E-state index contributed by atoms with van der Waals surface area (Å²) in [6.45, 7) is 3.01. The van der Waals surface area contributed by atoms with Crippen LogP contribution in [-0.4, -0.2) is 48.0 Å². The average molecular weight is 508 g/mol. The number of pyridine rings is 1. The Kier molecular flexibility index (Phi) is 6.89. The maximum absolute atomic E-state index is 12.4. The van der Waals surface area contributed by atoms with Gasteiger partial charge in [-0.25, -0.2) is 9.98 Å². The highest BCUT2D eigenvalue weighted by atomic mass is 19.4. The van der Waals surface area contributed by atoms with Gasteiger partial charge in [0, 0.05) is 11.8 Å². The number of nitrogens with zero attached hydrogens (tertiary/aromatic N) is 4. The lowest BCUT2D eigenvalue weighted by Gasteiger charge is -2.15. The molecule has 1 unspecified atom stereocenters. The van der Waals surface area contributed by atoms with Gasteiger partial charge in [-0.2, -0.15) is 0 Å². The molecule has 0 fully saturated rings. The van der Waals surface area contributed by atoms with Crippen molar-refractivity contribution in [3.63, 3.8) is 0 Å². The molecule has 3 aliphatic rings. The Morgan fingerprint density at radius 1 is 1.16 bits per heavy atom. The third-order valence-electron chi connectivity index (χ3n) is 5.94. The molecule has 2 aromatic rings. The Labute approximate surface area is 211 Å². The van der Waals surface area contributed by atoms with Crippen LogP contribution in [0.4, 0.5) is 19.0 Å². The molecule has 5 rings (SSSR count). The van der Waals surface area contributed by atoms with Gasteiger partial charge in [0.05, 0.1) is 18.3 Å². The number of amidine groups is 1. The predicted molar refractivity (Wildman–Crippen MR) is 137 cm³/mol. The van der Waals surface area contributed by atoms with Gasteiger partial charge < -0.3 is 14.8 Å². The highest BCUT2D eigenvalue weighted by molar-refractivity contribution is 6.45. The number of benzene rings is 1. The molecule has 190 valence electrons. The third-order valence-corrected chi connectivity index (χ3v) is 5.94. The van der Waals surface area contributed by atoms with Gasteiger partial charge in [-0.05, 0) is 85.5 Å². The molecule has 37 heavy (non-hydrogen) atoms. The zero-order valence-electron chi connectivity index (χ0n) is 20.0. The maximum Gasteiger partial charge on any atom is 0.573 e. The van der Waals surface area contributed by atoms with E-state index >= 15 is 0 Å². The fourth-order valence-corrected chi connectivity index (χ4v) is 4.14. The molecular formula is C27H24F3N5O2. The van der Waals surface area contributed by atoms with Crippen molar-refractivity contribution in [1.82, 2.24) is 4.98 Å². The van der Waals surface area contributed by atoms with Crippen LogP contribution in [0.25, 0.3) is 5.70 Å². The average Bonchev–Trinajstić information content (AvgIpc) is 3.52. The molecule has 0 bridgehead atoms. The van der Waals surface area contributed by atoms with E-state index in [0.717, 1.165) is 35.6 Å². The molecule has 7 nitrogen and oxygen atoms in total. The van der Waals surface area contributed by atoms with Crippen LogP contribution in [0.3, 0.4) is 0 Å². The normalized spacial score (nSPS) is 18.9. The lowest BCUT2D eigenvalue weighted by molar-refractivity contribution is -0.274. The second-order valence-corrected chi connectivity index (χ2v) is 8.65. The van der Waals surface area contributed by atoms with E-state index in [9.17, 15) is 13.2 Å². The number of aromatic nitrogens is 1. The largest absolute Gasteiger partial charge is 0.573 e. The summed E-state index contributed by atoms with van der Waals surface area (Å²) in [5, 5.41) is 3.22. The number of rotatable bonds is 7. The van der Waals surface area contributed by atoms with Crippen LogP contribution >= 0.6 is 0 Å². The van der Waals surface area contributed by atoms with Crippen molar-refractivity contribution in [3.05, 3.63) is 83.6 Å². The van der Waals surface area contributed by atoms with E-state index in [0.29, 0.717) is 36.0 Å². The summed E-state index contributed by atoms with van der Waals surface area (Å²) in [5.41, 5.74) is 4.19. The topological polar surface area (TPSA) is 80.5 Å². The van der Waals surface area contributed by atoms with Crippen molar-refractivity contribution in [3.8, 4) is 5.75 Å². The summed E-state index contributed by atoms with van der Waals surface area (Å²) in [5.74, 6) is 1.68. The molecule has 1 atom stereocenters. The van der Waals surface area contributed by atoms with Crippen molar-refractivity contribution in [2.45, 2.75) is 32.2 Å². The molecule has 1 aromatic heterocycles. The van der Waals surface area contributed by atoms with Crippen LogP contribution in [-0.2, 0) is 11.2 Å². The highest BCUT2D eigenvalue weighted by Gasteiger charge is 2.31. The molecular weight excluding hydrogens is 483 g/mol. The minimum absolute atomic E-state index is 0.00109. The number of aliphatic imine (C=N–C) groups is 3. The highest BCUT2D eigenvalue weighted by Crippen LogP contribution is 2.27. The number of hydrogen-bond donors (Lipinski definition) is 1. The van der Waals surface area contributed by atoms with Crippen LogP contribution in [0, 0.1) is 0 Å². The number of nitrogens with one attached hydrogen (secondary N) is 1. The predicted octanol–water partition coefficient (Wildman–Crippen LogP) is 5.53. The second-order valence-electron chi connectivity index (χ2n) is 8.65. The van der Waals surface area contributed by atoms with Gasteiger partial charge in [-0.1, -0.05) is 6.08 Å². The molecule has 1 N–H and O–H groups in total. The molecule has 0 amide bonds. The zero-order chi connectivity index (χ0) is 25.8. The maximum atomic E-state index is 12.4. The molecule has 3 aliphatic heterocycles. The summed E-state index contributed by atoms with van der Waals surface area (Å²) < 4.78 is 46.9. The lowest BCUT2D eigenvalue weighted by Crippen LogP contribution is -2.19. The number of anilines is 1. The van der Waals surface area contributed by atoms with Crippen molar-refractivity contribution in [1.29, 1.82) is 0 Å². The van der Waals surface area contributed by atoms with E-state index in [4.69, 9.17) is 9.73 Å². The Morgan fingerprint density at radius 2 is 2.00 bits per heavy atom. The second kappa shape index (κ2) is 10.4. The molecule has 0 spiro atoms. The Balaban J connectivity index is 1.23. The van der Waals surface area contributed by atoms with E-state index in [1.54, 1.807) is 12.3 Å². The molecule has 1 aromatic carbocycles. The van der Waals surface area contributed by atoms with Crippen LogP contribution in [0.5, 0.6) is 5.75 Å².